The first-order valence-electron chi connectivity index (χ1n) is 4.99. The number of nitrogens with zero attached hydrogens (tertiary/aromatic N) is 2. The largest absolute Gasteiger partial charge is 0.478 e. The number of amides is 1. The number of hydrogen-bond acceptors (Lipinski definition) is 5. The van der Waals surface area contributed by atoms with Crippen LogP contribution < -0.4 is 11.1 Å². The Morgan fingerprint density at radius 3 is 2.68 bits per heavy atom. The van der Waals surface area contributed by atoms with Crippen LogP contribution in [0, 0.1) is 5.82 Å². The summed E-state index contributed by atoms with van der Waals surface area (Å²) in [5.74, 6) is -3.18. The molecule has 0 aliphatic rings. The molecule has 0 atom stereocenters. The summed E-state index contributed by atoms with van der Waals surface area (Å²) in [6.07, 6.45) is 0. The summed E-state index contributed by atoms with van der Waals surface area (Å²) >= 11 is 0. The van der Waals surface area contributed by atoms with Crippen LogP contribution in [0.15, 0.2) is 18.2 Å². The molecule has 0 aliphatic heterocycles. The van der Waals surface area contributed by atoms with Crippen molar-refractivity contribution in [2.24, 2.45) is 0 Å². The van der Waals surface area contributed by atoms with Crippen molar-refractivity contribution in [2.75, 3.05) is 11.1 Å². The smallest absolute Gasteiger partial charge is 0.335 e. The van der Waals surface area contributed by atoms with E-state index in [2.05, 4.69) is 20.5 Å². The third-order valence-electron chi connectivity index (χ3n) is 2.18. The maximum absolute atomic E-state index is 13.5. The highest BCUT2D eigenvalue weighted by Gasteiger charge is 2.14. The van der Waals surface area contributed by atoms with Gasteiger partial charge in [0.15, 0.2) is 0 Å². The van der Waals surface area contributed by atoms with E-state index in [1.54, 1.807) is 0 Å². The van der Waals surface area contributed by atoms with Crippen molar-refractivity contribution in [1.29, 1.82) is 0 Å². The Morgan fingerprint density at radius 2 is 2.16 bits per heavy atom. The van der Waals surface area contributed by atoms with Crippen LogP contribution in [0.25, 0.3) is 0 Å². The molecule has 0 radical (unpaired) electrons. The maximum Gasteiger partial charge on any atom is 0.335 e. The summed E-state index contributed by atoms with van der Waals surface area (Å²) in [5.41, 5.74) is 4.82. The number of aromatic carboxylic acids is 1. The predicted molar refractivity (Wildman–Crippen MR) is 62.1 cm³/mol. The number of carbonyl (C=O) groups excluding carboxylic acids is 1. The van der Waals surface area contributed by atoms with E-state index < -0.39 is 17.7 Å². The highest BCUT2D eigenvalue weighted by Crippen LogP contribution is 2.16. The fourth-order valence-corrected chi connectivity index (χ4v) is 1.31. The van der Waals surface area contributed by atoms with Crippen LogP contribution in [-0.4, -0.2) is 32.2 Å². The van der Waals surface area contributed by atoms with E-state index in [0.29, 0.717) is 0 Å². The summed E-state index contributed by atoms with van der Waals surface area (Å²) in [6.45, 7) is 0. The van der Waals surface area contributed by atoms with Crippen molar-refractivity contribution in [3.63, 3.8) is 0 Å². The van der Waals surface area contributed by atoms with Crippen LogP contribution in [0.1, 0.15) is 21.0 Å². The number of carbonyl (C=O) groups is 2. The van der Waals surface area contributed by atoms with Gasteiger partial charge in [-0.1, -0.05) is 0 Å². The number of benzene rings is 1. The topological polar surface area (TPSA) is 134 Å². The van der Waals surface area contributed by atoms with E-state index in [1.165, 1.54) is 0 Å². The number of hydrogen-bond donors (Lipinski definition) is 4. The number of nitrogens with one attached hydrogen (secondary N) is 2. The molecule has 1 amide bonds. The highest BCUT2D eigenvalue weighted by molar-refractivity contribution is 6.02. The number of rotatable bonds is 3. The van der Waals surface area contributed by atoms with Crippen molar-refractivity contribution in [2.45, 2.75) is 0 Å². The van der Waals surface area contributed by atoms with Crippen molar-refractivity contribution in [3.8, 4) is 0 Å². The van der Waals surface area contributed by atoms with E-state index in [4.69, 9.17) is 10.8 Å². The van der Waals surface area contributed by atoms with Gasteiger partial charge in [0, 0.05) is 0 Å². The molecule has 98 valence electrons. The summed E-state index contributed by atoms with van der Waals surface area (Å²) in [4.78, 5) is 25.8. The second-order valence-electron chi connectivity index (χ2n) is 3.50. The number of nitrogens with two attached hydrogens (primary N) is 1. The van der Waals surface area contributed by atoms with Gasteiger partial charge in [0.05, 0.1) is 11.3 Å². The number of aromatic amines is 1. The maximum atomic E-state index is 13.5. The summed E-state index contributed by atoms with van der Waals surface area (Å²) < 4.78 is 13.5. The Morgan fingerprint density at radius 1 is 1.42 bits per heavy atom. The Balaban J connectivity index is 2.20. The van der Waals surface area contributed by atoms with Crippen LogP contribution in [0.5, 0.6) is 0 Å². The lowest BCUT2D eigenvalue weighted by Gasteiger charge is -2.05. The molecule has 1 aromatic carbocycles. The molecule has 0 saturated heterocycles. The van der Waals surface area contributed by atoms with Gasteiger partial charge in [-0.15, -0.1) is 5.10 Å². The summed E-state index contributed by atoms with van der Waals surface area (Å²) in [7, 11) is 0. The molecule has 0 spiro atoms. The van der Waals surface area contributed by atoms with Crippen LogP contribution in [0.4, 0.5) is 16.0 Å². The van der Waals surface area contributed by atoms with Gasteiger partial charge in [-0.2, -0.15) is 4.98 Å². The molecule has 8 nitrogen and oxygen atoms in total. The van der Waals surface area contributed by atoms with Gasteiger partial charge in [-0.25, -0.2) is 9.18 Å². The molecule has 0 aliphatic carbocycles. The van der Waals surface area contributed by atoms with Gasteiger partial charge < -0.3 is 16.2 Å². The number of H-pyrrole nitrogens is 1. The molecule has 1 heterocycles. The molecular weight excluding hydrogens is 257 g/mol. The van der Waals surface area contributed by atoms with Gasteiger partial charge in [-0.05, 0) is 18.2 Å². The number of carboxylic acids is 1. The fraction of sp³-hybridized carbons (Fsp3) is 0. The zero-order chi connectivity index (χ0) is 14.0. The summed E-state index contributed by atoms with van der Waals surface area (Å²) in [5, 5.41) is 16.6. The van der Waals surface area contributed by atoms with E-state index in [-0.39, 0.29) is 23.0 Å². The number of halogens is 1. The molecule has 0 fully saturated rings. The van der Waals surface area contributed by atoms with Gasteiger partial charge in [0.2, 0.25) is 11.8 Å². The Kier molecular flexibility index (Phi) is 3.10. The molecule has 0 saturated carbocycles. The predicted octanol–water partition coefficient (Wildman–Crippen LogP) is 0.476. The first-order chi connectivity index (χ1) is 8.97. The molecule has 9 heteroatoms. The van der Waals surface area contributed by atoms with Crippen molar-refractivity contribution < 1.29 is 19.1 Å². The van der Waals surface area contributed by atoms with Crippen LogP contribution >= 0.6 is 0 Å². The normalized spacial score (nSPS) is 10.2. The monoisotopic (exact) mass is 265 g/mol. The average molecular weight is 265 g/mol. The lowest BCUT2D eigenvalue weighted by molar-refractivity contribution is 0.0696. The third-order valence-corrected chi connectivity index (χ3v) is 2.18. The molecule has 19 heavy (non-hydrogen) atoms. The molecule has 0 bridgehead atoms. The minimum Gasteiger partial charge on any atom is -0.478 e. The minimum absolute atomic E-state index is 0.119. The Bertz CT molecular complexity index is 654. The zero-order valence-electron chi connectivity index (χ0n) is 9.35. The van der Waals surface area contributed by atoms with Gasteiger partial charge in [0.25, 0.3) is 5.91 Å². The van der Waals surface area contributed by atoms with Gasteiger partial charge >= 0.3 is 5.97 Å². The molecular formula is C10H8FN5O3. The number of carboxylic acid groups (broad SMARTS) is 1. The second kappa shape index (κ2) is 4.72. The van der Waals surface area contributed by atoms with E-state index in [0.717, 1.165) is 18.2 Å². The number of anilines is 2. The number of nitrogen functional groups attached to an aromatic ring is 1. The first-order valence-corrected chi connectivity index (χ1v) is 4.99. The van der Waals surface area contributed by atoms with Crippen molar-refractivity contribution in [3.05, 3.63) is 35.4 Å². The average Bonchev–Trinajstić information content (AvgIpc) is 2.78. The van der Waals surface area contributed by atoms with Gasteiger partial charge in [0.1, 0.15) is 5.82 Å². The lowest BCUT2D eigenvalue weighted by atomic mass is 10.2. The quantitative estimate of drug-likeness (QED) is 0.637. The SMILES string of the molecule is Nc1n[nH]c(C(=O)Nc2ccc(C(=O)O)cc2F)n1. The molecule has 2 aromatic rings. The van der Waals surface area contributed by atoms with Crippen molar-refractivity contribution >= 4 is 23.5 Å². The standard InChI is InChI=1S/C10H8FN5O3/c11-5-3-4(9(18)19)1-2-6(5)13-8(17)7-14-10(12)16-15-7/h1-3H,(H,13,17)(H,18,19)(H3,12,14,15,16). The zero-order valence-corrected chi connectivity index (χ0v) is 9.35. The molecule has 2 rings (SSSR count). The Labute approximate surface area is 105 Å². The summed E-state index contributed by atoms with van der Waals surface area (Å²) in [6, 6.07) is 3.10. The molecule has 1 aromatic heterocycles. The highest BCUT2D eigenvalue weighted by atomic mass is 19.1. The van der Waals surface area contributed by atoms with Crippen LogP contribution in [0.3, 0.4) is 0 Å². The van der Waals surface area contributed by atoms with Crippen LogP contribution in [-0.2, 0) is 0 Å². The molecule has 5 N–H and O–H groups in total. The van der Waals surface area contributed by atoms with Crippen LogP contribution in [0.2, 0.25) is 0 Å². The molecule has 0 unspecified atom stereocenters. The third kappa shape index (κ3) is 2.65. The Hall–Kier alpha value is -2.97. The second-order valence-corrected chi connectivity index (χ2v) is 3.50. The first kappa shape index (κ1) is 12.5. The van der Waals surface area contributed by atoms with E-state index in [1.807, 2.05) is 0 Å². The van der Waals surface area contributed by atoms with Crippen molar-refractivity contribution in [1.82, 2.24) is 15.2 Å². The fourth-order valence-electron chi connectivity index (χ4n) is 1.31. The lowest BCUT2D eigenvalue weighted by Crippen LogP contribution is -2.15. The number of aromatic nitrogens is 3. The van der Waals surface area contributed by atoms with Gasteiger partial charge in [-0.3, -0.25) is 9.89 Å². The van der Waals surface area contributed by atoms with E-state index in [9.17, 15) is 14.0 Å². The van der Waals surface area contributed by atoms with E-state index >= 15 is 0 Å². The minimum atomic E-state index is -1.26.